The standard InChI is InChI=1S/C25H23F3N4O2/c26-20-8-17(9-21(27)10-20)23-5-6-34-32(23)25(33)16-3-1-15(2-4-16)14-31-24-11-22(28)18(12-29)7-19(24)13-30-31/h7-11,13,15-16,23H,1-6,14H2/t15?,16?,23-/m0/s1. The largest absolute Gasteiger partial charge is 0.272 e. The number of halogens is 3. The van der Waals surface area contributed by atoms with E-state index in [9.17, 15) is 18.0 Å². The molecule has 2 fully saturated rings. The van der Waals surface area contributed by atoms with Gasteiger partial charge < -0.3 is 0 Å². The Kier molecular flexibility index (Phi) is 6.00. The van der Waals surface area contributed by atoms with Gasteiger partial charge in [0, 0.05) is 36.4 Å². The molecular weight excluding hydrogens is 445 g/mol. The fraction of sp³-hybridized carbons (Fsp3) is 0.400. The van der Waals surface area contributed by atoms with Gasteiger partial charge in [0.05, 0.1) is 29.9 Å². The summed E-state index contributed by atoms with van der Waals surface area (Å²) in [6.07, 6.45) is 5.04. The molecule has 1 saturated heterocycles. The summed E-state index contributed by atoms with van der Waals surface area (Å²) in [5.74, 6) is -2.02. The second kappa shape index (κ2) is 9.11. The molecule has 0 N–H and O–H groups in total. The van der Waals surface area contributed by atoms with Crippen molar-refractivity contribution in [1.29, 1.82) is 5.26 Å². The zero-order chi connectivity index (χ0) is 23.8. The normalized spacial score (nSPS) is 22.8. The highest BCUT2D eigenvalue weighted by atomic mass is 19.1. The monoisotopic (exact) mass is 468 g/mol. The molecule has 176 valence electrons. The van der Waals surface area contributed by atoms with E-state index in [1.165, 1.54) is 29.3 Å². The predicted molar refractivity (Wildman–Crippen MR) is 116 cm³/mol. The van der Waals surface area contributed by atoms with E-state index >= 15 is 0 Å². The Balaban J connectivity index is 1.23. The highest BCUT2D eigenvalue weighted by Gasteiger charge is 2.37. The Hall–Kier alpha value is -3.38. The second-order valence-electron chi connectivity index (χ2n) is 9.05. The van der Waals surface area contributed by atoms with Gasteiger partial charge in [0.2, 0.25) is 5.91 Å². The molecule has 2 aromatic carbocycles. The first kappa shape index (κ1) is 22.4. The lowest BCUT2D eigenvalue weighted by atomic mass is 9.81. The predicted octanol–water partition coefficient (Wildman–Crippen LogP) is 5.04. The summed E-state index contributed by atoms with van der Waals surface area (Å²) in [7, 11) is 0. The molecule has 0 unspecified atom stereocenters. The first-order valence-corrected chi connectivity index (χ1v) is 11.4. The molecule has 2 aliphatic rings. The van der Waals surface area contributed by atoms with Gasteiger partial charge in [-0.15, -0.1) is 0 Å². The van der Waals surface area contributed by atoms with E-state index in [0.717, 1.165) is 18.9 Å². The van der Waals surface area contributed by atoms with E-state index in [1.54, 1.807) is 10.9 Å². The molecule has 1 atom stereocenters. The molecule has 1 aromatic heterocycles. The minimum atomic E-state index is -0.676. The zero-order valence-corrected chi connectivity index (χ0v) is 18.4. The average molecular weight is 468 g/mol. The van der Waals surface area contributed by atoms with Crippen LogP contribution in [-0.4, -0.2) is 27.4 Å². The lowest BCUT2D eigenvalue weighted by molar-refractivity contribution is -0.183. The van der Waals surface area contributed by atoms with Crippen LogP contribution in [0.2, 0.25) is 0 Å². The number of hydrogen-bond acceptors (Lipinski definition) is 4. The Morgan fingerprint density at radius 3 is 2.50 bits per heavy atom. The molecule has 3 aromatic rings. The van der Waals surface area contributed by atoms with Crippen LogP contribution in [0.15, 0.2) is 36.5 Å². The molecule has 1 saturated carbocycles. The van der Waals surface area contributed by atoms with E-state index < -0.39 is 23.5 Å². The highest BCUT2D eigenvalue weighted by molar-refractivity contribution is 5.80. The molecule has 34 heavy (non-hydrogen) atoms. The Morgan fingerprint density at radius 2 is 1.79 bits per heavy atom. The Morgan fingerprint density at radius 1 is 1.06 bits per heavy atom. The molecule has 6 nitrogen and oxygen atoms in total. The maximum Gasteiger partial charge on any atom is 0.249 e. The Labute approximate surface area is 194 Å². The third-order valence-corrected chi connectivity index (χ3v) is 6.87. The van der Waals surface area contributed by atoms with Crippen molar-refractivity contribution in [2.45, 2.75) is 44.7 Å². The number of carbonyl (C=O) groups is 1. The van der Waals surface area contributed by atoms with E-state index in [4.69, 9.17) is 10.1 Å². The number of aromatic nitrogens is 2. The fourth-order valence-electron chi connectivity index (χ4n) is 5.10. The summed E-state index contributed by atoms with van der Waals surface area (Å²) in [6, 6.07) is 7.49. The number of nitriles is 1. The minimum absolute atomic E-state index is 0.00511. The summed E-state index contributed by atoms with van der Waals surface area (Å²) >= 11 is 0. The van der Waals surface area contributed by atoms with Crippen molar-refractivity contribution in [3.63, 3.8) is 0 Å². The smallest absolute Gasteiger partial charge is 0.249 e. The van der Waals surface area contributed by atoms with Crippen molar-refractivity contribution in [1.82, 2.24) is 14.8 Å². The molecule has 1 aliphatic heterocycles. The molecule has 5 rings (SSSR count). The molecule has 0 bridgehead atoms. The van der Waals surface area contributed by atoms with Crippen LogP contribution < -0.4 is 0 Å². The van der Waals surface area contributed by atoms with Gasteiger partial charge in [0.1, 0.15) is 23.5 Å². The van der Waals surface area contributed by atoms with Crippen LogP contribution in [0, 0.1) is 40.6 Å². The third kappa shape index (κ3) is 4.26. The van der Waals surface area contributed by atoms with Crippen LogP contribution in [0.25, 0.3) is 10.9 Å². The topological polar surface area (TPSA) is 71.2 Å². The number of benzene rings is 2. The first-order valence-electron chi connectivity index (χ1n) is 11.4. The molecule has 2 heterocycles. The van der Waals surface area contributed by atoms with Gasteiger partial charge in [-0.25, -0.2) is 18.2 Å². The van der Waals surface area contributed by atoms with Crippen LogP contribution in [0.5, 0.6) is 0 Å². The van der Waals surface area contributed by atoms with Gasteiger partial charge >= 0.3 is 0 Å². The van der Waals surface area contributed by atoms with Gasteiger partial charge in [-0.05, 0) is 55.4 Å². The van der Waals surface area contributed by atoms with Gasteiger partial charge in [-0.3, -0.25) is 14.3 Å². The van der Waals surface area contributed by atoms with Gasteiger partial charge in [0.25, 0.3) is 0 Å². The van der Waals surface area contributed by atoms with E-state index in [0.29, 0.717) is 48.9 Å². The van der Waals surface area contributed by atoms with E-state index in [-0.39, 0.29) is 23.3 Å². The van der Waals surface area contributed by atoms with Crippen molar-refractivity contribution in [3.8, 4) is 6.07 Å². The lowest BCUT2D eigenvalue weighted by Crippen LogP contribution is -2.37. The number of hydroxylamine groups is 2. The summed E-state index contributed by atoms with van der Waals surface area (Å²) in [4.78, 5) is 18.7. The molecule has 0 spiro atoms. The highest BCUT2D eigenvalue weighted by Crippen LogP contribution is 2.37. The SMILES string of the molecule is N#Cc1cc2cnn(CC3CCC(C(=O)N4OCC[C@H]4c4cc(F)cc(F)c4)CC3)c2cc1F. The van der Waals surface area contributed by atoms with Crippen LogP contribution in [0.1, 0.15) is 49.3 Å². The maximum atomic E-state index is 14.1. The van der Waals surface area contributed by atoms with Gasteiger partial charge in [-0.1, -0.05) is 0 Å². The van der Waals surface area contributed by atoms with Crippen LogP contribution in [0.4, 0.5) is 13.2 Å². The fourth-order valence-corrected chi connectivity index (χ4v) is 5.10. The number of rotatable bonds is 4. The van der Waals surface area contributed by atoms with Gasteiger partial charge in [-0.2, -0.15) is 10.4 Å². The molecule has 9 heteroatoms. The van der Waals surface area contributed by atoms with Crippen molar-refractivity contribution >= 4 is 16.8 Å². The van der Waals surface area contributed by atoms with Crippen LogP contribution in [0.3, 0.4) is 0 Å². The summed E-state index contributed by atoms with van der Waals surface area (Å²) in [6.45, 7) is 0.918. The van der Waals surface area contributed by atoms with Crippen molar-refractivity contribution in [2.24, 2.45) is 11.8 Å². The quantitative estimate of drug-likeness (QED) is 0.538. The van der Waals surface area contributed by atoms with Gasteiger partial charge in [0.15, 0.2) is 0 Å². The van der Waals surface area contributed by atoms with E-state index in [1.807, 2.05) is 6.07 Å². The van der Waals surface area contributed by atoms with E-state index in [2.05, 4.69) is 5.10 Å². The van der Waals surface area contributed by atoms with Crippen molar-refractivity contribution in [3.05, 3.63) is 65.1 Å². The number of nitrogens with zero attached hydrogens (tertiary/aromatic N) is 4. The first-order chi connectivity index (χ1) is 16.4. The molecule has 1 amide bonds. The summed E-state index contributed by atoms with van der Waals surface area (Å²) < 4.78 is 43.2. The minimum Gasteiger partial charge on any atom is -0.272 e. The number of amides is 1. The Bertz CT molecular complexity index is 1260. The van der Waals surface area contributed by atoms with Crippen molar-refractivity contribution < 1.29 is 22.8 Å². The molecular formula is C25H23F3N4O2. The number of fused-ring (bicyclic) bond motifs is 1. The number of carbonyl (C=O) groups excluding carboxylic acids is 1. The third-order valence-electron chi connectivity index (χ3n) is 6.87. The second-order valence-corrected chi connectivity index (χ2v) is 9.05. The van der Waals surface area contributed by atoms with Crippen LogP contribution in [-0.2, 0) is 16.2 Å². The van der Waals surface area contributed by atoms with Crippen LogP contribution >= 0.6 is 0 Å². The summed E-state index contributed by atoms with van der Waals surface area (Å²) in [5.41, 5.74) is 1.04. The maximum absolute atomic E-state index is 14.1. The molecule has 0 radical (unpaired) electrons. The number of hydrogen-bond donors (Lipinski definition) is 0. The average Bonchev–Trinajstić information content (AvgIpc) is 3.45. The van der Waals surface area contributed by atoms with Crippen molar-refractivity contribution in [2.75, 3.05) is 6.61 Å². The zero-order valence-electron chi connectivity index (χ0n) is 18.4. The summed E-state index contributed by atoms with van der Waals surface area (Å²) in [5, 5.41) is 15.4. The molecule has 1 aliphatic carbocycles. The lowest BCUT2D eigenvalue weighted by Gasteiger charge is -2.32.